The normalized spacial score (nSPS) is 10.4. The number of halogens is 1. The molecule has 3 heteroatoms. The molecule has 0 aliphatic rings. The second-order valence-electron chi connectivity index (χ2n) is 2.54. The minimum Gasteiger partial charge on any atom is -0.398 e. The molecule has 12 heavy (non-hydrogen) atoms. The highest BCUT2D eigenvalue weighted by molar-refractivity contribution is 14.1. The van der Waals surface area contributed by atoms with Crippen molar-refractivity contribution in [3.05, 3.63) is 34.0 Å². The Kier molecular flexibility index (Phi) is 1.88. The number of rotatable bonds is 0. The fourth-order valence-electron chi connectivity index (χ4n) is 1.13. The maximum absolute atomic E-state index is 5.74. The largest absolute Gasteiger partial charge is 0.398 e. The van der Waals surface area contributed by atoms with Crippen LogP contribution in [-0.2, 0) is 0 Å². The first-order valence-corrected chi connectivity index (χ1v) is 4.65. The molecule has 0 saturated carbocycles. The average molecular weight is 270 g/mol. The number of benzene rings is 1. The maximum Gasteiger partial charge on any atom is 0.0856 e. The molecular weight excluding hydrogens is 263 g/mol. The smallest absolute Gasteiger partial charge is 0.0856 e. The average Bonchev–Trinajstić information content (AvgIpc) is 2.12. The van der Waals surface area contributed by atoms with Gasteiger partial charge in [0.15, 0.2) is 0 Å². The Labute approximate surface area is 83.9 Å². The summed E-state index contributed by atoms with van der Waals surface area (Å²) in [4.78, 5) is 4.25. The summed E-state index contributed by atoms with van der Waals surface area (Å²) in [7, 11) is 0. The van der Waals surface area contributed by atoms with E-state index in [2.05, 4.69) is 27.6 Å². The molecule has 0 bridgehead atoms. The lowest BCUT2D eigenvalue weighted by Gasteiger charge is -2.01. The lowest BCUT2D eigenvalue weighted by Crippen LogP contribution is -1.91. The molecule has 1 heterocycles. The van der Waals surface area contributed by atoms with E-state index in [1.54, 1.807) is 6.20 Å². The Morgan fingerprint density at radius 1 is 1.25 bits per heavy atom. The zero-order chi connectivity index (χ0) is 8.55. The summed E-state index contributed by atoms with van der Waals surface area (Å²) >= 11 is 2.22. The van der Waals surface area contributed by atoms with Gasteiger partial charge in [-0.05, 0) is 34.7 Å². The Morgan fingerprint density at radius 2 is 2.08 bits per heavy atom. The minimum absolute atomic E-state index is 0.793. The number of nitrogens with zero attached hydrogens (tertiary/aromatic N) is 1. The van der Waals surface area contributed by atoms with Crippen molar-refractivity contribution in [2.24, 2.45) is 0 Å². The van der Waals surface area contributed by atoms with Gasteiger partial charge in [-0.2, -0.15) is 0 Å². The van der Waals surface area contributed by atoms with Crippen LogP contribution in [0.1, 0.15) is 0 Å². The number of fused-ring (bicyclic) bond motifs is 1. The Balaban J connectivity index is 2.91. The van der Waals surface area contributed by atoms with Crippen LogP contribution in [-0.4, -0.2) is 4.98 Å². The molecule has 0 atom stereocenters. The van der Waals surface area contributed by atoms with Gasteiger partial charge in [0.25, 0.3) is 0 Å². The third-order valence-corrected chi connectivity index (χ3v) is 2.88. The van der Waals surface area contributed by atoms with E-state index in [0.717, 1.165) is 20.2 Å². The van der Waals surface area contributed by atoms with Crippen molar-refractivity contribution in [2.45, 2.75) is 0 Å². The highest BCUT2D eigenvalue weighted by Gasteiger charge is 2.01. The van der Waals surface area contributed by atoms with E-state index in [4.69, 9.17) is 5.73 Å². The quantitative estimate of drug-likeness (QED) is 0.589. The maximum atomic E-state index is 5.74. The summed E-state index contributed by atoms with van der Waals surface area (Å²) in [6, 6.07) is 7.85. The molecule has 2 N–H and O–H groups in total. The number of anilines is 1. The van der Waals surface area contributed by atoms with Crippen LogP contribution in [0.4, 0.5) is 5.69 Å². The Bertz CT molecular complexity index is 426. The highest BCUT2D eigenvalue weighted by Crippen LogP contribution is 2.23. The highest BCUT2D eigenvalue weighted by atomic mass is 127. The zero-order valence-electron chi connectivity index (χ0n) is 6.29. The van der Waals surface area contributed by atoms with Crippen molar-refractivity contribution >= 4 is 39.2 Å². The van der Waals surface area contributed by atoms with Crippen LogP contribution in [0.3, 0.4) is 0 Å². The van der Waals surface area contributed by atoms with Crippen molar-refractivity contribution in [3.8, 4) is 0 Å². The molecule has 2 aromatic rings. The van der Waals surface area contributed by atoms with E-state index in [9.17, 15) is 0 Å². The zero-order valence-corrected chi connectivity index (χ0v) is 8.45. The van der Waals surface area contributed by atoms with Crippen LogP contribution in [0, 0.1) is 3.57 Å². The molecular formula is C9H7IN2. The van der Waals surface area contributed by atoms with Crippen molar-refractivity contribution in [1.29, 1.82) is 0 Å². The lowest BCUT2D eigenvalue weighted by molar-refractivity contribution is 1.40. The fourth-order valence-corrected chi connectivity index (χ4v) is 1.76. The molecule has 0 aliphatic heterocycles. The summed E-state index contributed by atoms with van der Waals surface area (Å²) in [5.74, 6) is 0. The summed E-state index contributed by atoms with van der Waals surface area (Å²) in [5, 5.41) is 1.14. The lowest BCUT2D eigenvalue weighted by atomic mass is 10.2. The van der Waals surface area contributed by atoms with E-state index < -0.39 is 0 Å². The molecule has 0 fully saturated rings. The van der Waals surface area contributed by atoms with E-state index in [1.807, 2.05) is 24.3 Å². The number of hydrogen-bond donors (Lipinski definition) is 1. The van der Waals surface area contributed by atoms with Gasteiger partial charge in [0.2, 0.25) is 0 Å². The van der Waals surface area contributed by atoms with Gasteiger partial charge in [-0.1, -0.05) is 12.1 Å². The number of nitrogen functional groups attached to an aromatic ring is 1. The van der Waals surface area contributed by atoms with Crippen molar-refractivity contribution in [3.63, 3.8) is 0 Å². The first-order chi connectivity index (χ1) is 5.79. The molecule has 0 spiro atoms. The Hall–Kier alpha value is -0.840. The monoisotopic (exact) mass is 270 g/mol. The van der Waals surface area contributed by atoms with Crippen LogP contribution < -0.4 is 5.73 Å². The minimum atomic E-state index is 0.793. The molecule has 2 rings (SSSR count). The third-order valence-electron chi connectivity index (χ3n) is 1.74. The van der Waals surface area contributed by atoms with Gasteiger partial charge in [0, 0.05) is 17.3 Å². The van der Waals surface area contributed by atoms with Crippen molar-refractivity contribution in [2.75, 3.05) is 5.73 Å². The molecule has 0 amide bonds. The van der Waals surface area contributed by atoms with Crippen LogP contribution >= 0.6 is 22.6 Å². The van der Waals surface area contributed by atoms with Crippen LogP contribution in [0.2, 0.25) is 0 Å². The second kappa shape index (κ2) is 2.90. The molecule has 60 valence electrons. The molecule has 1 aromatic carbocycles. The fraction of sp³-hybridized carbons (Fsp3) is 0. The van der Waals surface area contributed by atoms with E-state index >= 15 is 0 Å². The van der Waals surface area contributed by atoms with Gasteiger partial charge in [0.1, 0.15) is 0 Å². The first kappa shape index (κ1) is 7.79. The number of nitrogens with two attached hydrogens (primary N) is 1. The standard InChI is InChI=1S/C9H7IN2/c10-8-7(11)4-3-6-2-1-5-12-9(6)8/h1-5H,11H2. The topological polar surface area (TPSA) is 38.9 Å². The molecule has 2 nitrogen and oxygen atoms in total. The van der Waals surface area contributed by atoms with Crippen molar-refractivity contribution < 1.29 is 0 Å². The van der Waals surface area contributed by atoms with Gasteiger partial charge in [-0.15, -0.1) is 0 Å². The predicted octanol–water partition coefficient (Wildman–Crippen LogP) is 2.42. The van der Waals surface area contributed by atoms with E-state index in [1.165, 1.54) is 0 Å². The molecule has 0 aliphatic carbocycles. The van der Waals surface area contributed by atoms with Crippen LogP contribution in [0.5, 0.6) is 0 Å². The van der Waals surface area contributed by atoms with E-state index in [-0.39, 0.29) is 0 Å². The second-order valence-corrected chi connectivity index (χ2v) is 3.62. The van der Waals surface area contributed by atoms with Gasteiger partial charge in [-0.3, -0.25) is 4.98 Å². The van der Waals surface area contributed by atoms with Gasteiger partial charge in [-0.25, -0.2) is 0 Å². The summed E-state index contributed by atoms with van der Waals surface area (Å²) in [6.45, 7) is 0. The van der Waals surface area contributed by atoms with Gasteiger partial charge < -0.3 is 5.73 Å². The Morgan fingerprint density at radius 3 is 2.92 bits per heavy atom. The van der Waals surface area contributed by atoms with Gasteiger partial charge >= 0.3 is 0 Å². The number of pyridine rings is 1. The third kappa shape index (κ3) is 1.14. The molecule has 1 aromatic heterocycles. The SMILES string of the molecule is Nc1ccc2cccnc2c1I. The first-order valence-electron chi connectivity index (χ1n) is 3.58. The predicted molar refractivity (Wildman–Crippen MR) is 58.9 cm³/mol. The molecule has 0 saturated heterocycles. The van der Waals surface area contributed by atoms with E-state index in [0.29, 0.717) is 0 Å². The number of aromatic nitrogens is 1. The van der Waals surface area contributed by atoms with Gasteiger partial charge in [0.05, 0.1) is 9.09 Å². The molecule has 0 radical (unpaired) electrons. The summed E-state index contributed by atoms with van der Waals surface area (Å²) in [6.07, 6.45) is 1.78. The summed E-state index contributed by atoms with van der Waals surface area (Å²) in [5.41, 5.74) is 7.52. The number of hydrogen-bond acceptors (Lipinski definition) is 2. The summed E-state index contributed by atoms with van der Waals surface area (Å²) < 4.78 is 1.03. The van der Waals surface area contributed by atoms with Crippen molar-refractivity contribution in [1.82, 2.24) is 4.98 Å². The molecule has 0 unspecified atom stereocenters. The van der Waals surface area contributed by atoms with Crippen LogP contribution in [0.15, 0.2) is 30.5 Å². The van der Waals surface area contributed by atoms with Crippen LogP contribution in [0.25, 0.3) is 10.9 Å².